The minimum Gasteiger partial charge on any atom is -0.487 e. The van der Waals surface area contributed by atoms with Gasteiger partial charge in [0.05, 0.1) is 0 Å². The van der Waals surface area contributed by atoms with Crippen molar-refractivity contribution >= 4 is 15.9 Å². The number of benzene rings is 1. The summed E-state index contributed by atoms with van der Waals surface area (Å²) in [6.07, 6.45) is 9.80. The van der Waals surface area contributed by atoms with Crippen molar-refractivity contribution < 1.29 is 4.74 Å². The largest absolute Gasteiger partial charge is 0.487 e. The predicted molar refractivity (Wildman–Crippen MR) is 115 cm³/mol. The molecular weight excluding hydrogens is 384 g/mol. The number of hydrogen-bond acceptors (Lipinski definition) is 1. The van der Waals surface area contributed by atoms with Crippen molar-refractivity contribution in [2.24, 2.45) is 5.92 Å². The SMILES string of the molecule is CCCCCC(C)(C)c1cc(Br)c2c(c1)OC(C)(C)C1CC=C(C)C[C@@H]21. The quantitative estimate of drug-likeness (QED) is 0.348. The van der Waals surface area contributed by atoms with E-state index in [9.17, 15) is 0 Å². The molecule has 144 valence electrons. The Balaban J connectivity index is 1.99. The summed E-state index contributed by atoms with van der Waals surface area (Å²) < 4.78 is 7.85. The minimum atomic E-state index is -0.112. The number of fused-ring (bicyclic) bond motifs is 3. The third-order valence-corrected chi connectivity index (χ3v) is 7.32. The third kappa shape index (κ3) is 3.77. The minimum absolute atomic E-state index is 0.112. The zero-order chi connectivity index (χ0) is 19.1. The van der Waals surface area contributed by atoms with Crippen molar-refractivity contribution in [3.63, 3.8) is 0 Å². The molecule has 1 nitrogen and oxygen atoms in total. The summed E-state index contributed by atoms with van der Waals surface area (Å²) in [5.41, 5.74) is 4.39. The van der Waals surface area contributed by atoms with Crippen LogP contribution in [0.15, 0.2) is 28.3 Å². The van der Waals surface area contributed by atoms with E-state index in [0.29, 0.717) is 11.8 Å². The summed E-state index contributed by atoms with van der Waals surface area (Å²) >= 11 is 3.93. The maximum absolute atomic E-state index is 6.61. The second-order valence-corrected chi connectivity index (χ2v) is 10.5. The fourth-order valence-corrected chi connectivity index (χ4v) is 5.62. The van der Waals surface area contributed by atoms with Crippen LogP contribution in [0.3, 0.4) is 0 Å². The molecular formula is C24H35BrO. The number of allylic oxidation sites excluding steroid dienone is 2. The van der Waals surface area contributed by atoms with Crippen LogP contribution in [0.1, 0.15) is 97.1 Å². The average molecular weight is 419 g/mol. The molecule has 26 heavy (non-hydrogen) atoms. The van der Waals surface area contributed by atoms with E-state index in [0.717, 1.165) is 18.6 Å². The first-order chi connectivity index (χ1) is 12.2. The third-order valence-electron chi connectivity index (χ3n) is 6.66. The molecule has 2 aliphatic rings. The van der Waals surface area contributed by atoms with Gasteiger partial charge in [0.25, 0.3) is 0 Å². The lowest BCUT2D eigenvalue weighted by atomic mass is 9.67. The topological polar surface area (TPSA) is 9.23 Å². The Hall–Kier alpha value is -0.760. The summed E-state index contributed by atoms with van der Waals surface area (Å²) in [5.74, 6) is 2.22. The van der Waals surface area contributed by atoms with Gasteiger partial charge in [-0.2, -0.15) is 0 Å². The van der Waals surface area contributed by atoms with E-state index in [4.69, 9.17) is 4.74 Å². The number of ether oxygens (including phenoxy) is 1. The zero-order valence-corrected chi connectivity index (χ0v) is 19.0. The molecule has 0 fully saturated rings. The molecule has 0 N–H and O–H groups in total. The second kappa shape index (κ2) is 7.34. The molecule has 1 aromatic carbocycles. The summed E-state index contributed by atoms with van der Waals surface area (Å²) in [6.45, 7) is 13.8. The molecule has 1 unspecified atom stereocenters. The van der Waals surface area contributed by atoms with Crippen molar-refractivity contribution in [3.05, 3.63) is 39.4 Å². The first-order valence-electron chi connectivity index (χ1n) is 10.3. The normalized spacial score (nSPS) is 24.3. The van der Waals surface area contributed by atoms with Gasteiger partial charge in [0, 0.05) is 16.0 Å². The van der Waals surface area contributed by atoms with E-state index in [1.54, 1.807) is 0 Å². The van der Waals surface area contributed by atoms with Crippen LogP contribution >= 0.6 is 15.9 Å². The standard InChI is InChI=1S/C24H35BrO/c1-7-8-9-12-23(3,4)17-14-20(25)22-18-13-16(2)10-11-19(18)24(5,6)26-21(22)15-17/h10,14-15,18-19H,7-9,11-13H2,1-6H3/t18-,19?/m1/s1. The average Bonchev–Trinajstić information content (AvgIpc) is 2.53. The highest BCUT2D eigenvalue weighted by molar-refractivity contribution is 9.10. The van der Waals surface area contributed by atoms with E-state index in [1.807, 2.05) is 0 Å². The van der Waals surface area contributed by atoms with E-state index in [1.165, 1.54) is 46.9 Å². The fraction of sp³-hybridized carbons (Fsp3) is 0.667. The van der Waals surface area contributed by atoms with E-state index in [2.05, 4.69) is 75.7 Å². The van der Waals surface area contributed by atoms with Gasteiger partial charge in [-0.05, 0) is 69.1 Å². The van der Waals surface area contributed by atoms with Gasteiger partial charge in [-0.1, -0.05) is 67.6 Å². The Labute approximate surface area is 168 Å². The Morgan fingerprint density at radius 2 is 1.96 bits per heavy atom. The molecule has 0 saturated heterocycles. The fourth-order valence-electron chi connectivity index (χ4n) is 4.88. The molecule has 0 amide bonds. The highest BCUT2D eigenvalue weighted by atomic mass is 79.9. The van der Waals surface area contributed by atoms with Crippen LogP contribution < -0.4 is 4.74 Å². The Morgan fingerprint density at radius 1 is 1.23 bits per heavy atom. The molecule has 0 bridgehead atoms. The van der Waals surface area contributed by atoms with E-state index >= 15 is 0 Å². The van der Waals surface area contributed by atoms with Gasteiger partial charge in [0.2, 0.25) is 0 Å². The summed E-state index contributed by atoms with van der Waals surface area (Å²) in [7, 11) is 0. The molecule has 2 heteroatoms. The van der Waals surface area contributed by atoms with Crippen LogP contribution in [0.5, 0.6) is 5.75 Å². The molecule has 0 radical (unpaired) electrons. The van der Waals surface area contributed by atoms with Crippen LogP contribution in [0.25, 0.3) is 0 Å². The van der Waals surface area contributed by atoms with Crippen molar-refractivity contribution in [2.75, 3.05) is 0 Å². The smallest absolute Gasteiger partial charge is 0.125 e. The van der Waals surface area contributed by atoms with Crippen LogP contribution in [0.4, 0.5) is 0 Å². The Bertz CT molecular complexity index is 698. The molecule has 0 spiro atoms. The van der Waals surface area contributed by atoms with E-state index in [-0.39, 0.29) is 11.0 Å². The van der Waals surface area contributed by atoms with Gasteiger partial charge in [-0.25, -0.2) is 0 Å². The molecule has 1 aliphatic heterocycles. The number of unbranched alkanes of at least 4 members (excludes halogenated alkanes) is 2. The van der Waals surface area contributed by atoms with E-state index < -0.39 is 0 Å². The van der Waals surface area contributed by atoms with Crippen LogP contribution in [-0.2, 0) is 5.41 Å². The Morgan fingerprint density at radius 3 is 2.65 bits per heavy atom. The van der Waals surface area contributed by atoms with Gasteiger partial charge in [0.1, 0.15) is 11.4 Å². The van der Waals surface area contributed by atoms with Crippen LogP contribution in [0.2, 0.25) is 0 Å². The summed E-state index contributed by atoms with van der Waals surface area (Å²) in [6, 6.07) is 4.72. The van der Waals surface area contributed by atoms with Crippen molar-refractivity contribution in [2.45, 2.75) is 97.0 Å². The molecule has 0 aromatic heterocycles. The van der Waals surface area contributed by atoms with Gasteiger partial charge in [-0.3, -0.25) is 0 Å². The molecule has 1 aliphatic carbocycles. The van der Waals surface area contributed by atoms with Gasteiger partial charge < -0.3 is 4.74 Å². The first kappa shape index (κ1) is 20.0. The Kier molecular flexibility index (Phi) is 5.64. The molecule has 1 aromatic rings. The van der Waals surface area contributed by atoms with Crippen molar-refractivity contribution in [3.8, 4) is 5.75 Å². The maximum Gasteiger partial charge on any atom is 0.125 e. The molecule has 2 atom stereocenters. The number of halogens is 1. The lowest BCUT2D eigenvalue weighted by Crippen LogP contribution is -2.45. The predicted octanol–water partition coefficient (Wildman–Crippen LogP) is 7.92. The monoisotopic (exact) mass is 418 g/mol. The number of rotatable bonds is 5. The lowest BCUT2D eigenvalue weighted by Gasteiger charge is -2.47. The number of hydrogen-bond donors (Lipinski definition) is 0. The molecule has 3 rings (SSSR count). The highest BCUT2D eigenvalue weighted by Crippen LogP contribution is 2.54. The lowest BCUT2D eigenvalue weighted by molar-refractivity contribution is 0.00805. The van der Waals surface area contributed by atoms with Gasteiger partial charge in [-0.15, -0.1) is 0 Å². The van der Waals surface area contributed by atoms with Crippen molar-refractivity contribution in [1.29, 1.82) is 0 Å². The summed E-state index contributed by atoms with van der Waals surface area (Å²) in [5, 5.41) is 0. The summed E-state index contributed by atoms with van der Waals surface area (Å²) in [4.78, 5) is 0. The van der Waals surface area contributed by atoms with Crippen molar-refractivity contribution in [1.82, 2.24) is 0 Å². The first-order valence-corrected chi connectivity index (χ1v) is 11.1. The van der Waals surface area contributed by atoms with Gasteiger partial charge >= 0.3 is 0 Å². The van der Waals surface area contributed by atoms with Crippen LogP contribution in [0, 0.1) is 5.92 Å². The molecule has 0 saturated carbocycles. The van der Waals surface area contributed by atoms with Crippen LogP contribution in [-0.4, -0.2) is 5.60 Å². The maximum atomic E-state index is 6.61. The highest BCUT2D eigenvalue weighted by Gasteiger charge is 2.45. The van der Waals surface area contributed by atoms with Gasteiger partial charge in [0.15, 0.2) is 0 Å². The second-order valence-electron chi connectivity index (χ2n) is 9.62. The molecule has 1 heterocycles. The zero-order valence-electron chi connectivity index (χ0n) is 17.4.